The van der Waals surface area contributed by atoms with Crippen molar-refractivity contribution in [3.63, 3.8) is 0 Å². The Balaban J connectivity index is 2.77. The van der Waals surface area contributed by atoms with Gasteiger partial charge in [-0.1, -0.05) is 13.8 Å². The van der Waals surface area contributed by atoms with E-state index >= 15 is 0 Å². The van der Waals surface area contributed by atoms with E-state index in [9.17, 15) is 18.3 Å². The Bertz CT molecular complexity index is 423. The maximum atomic E-state index is 13.1. The first-order valence-corrected chi connectivity index (χ1v) is 6.25. The summed E-state index contributed by atoms with van der Waals surface area (Å²) in [6.07, 6.45) is 0. The molecule has 1 aromatic carbocycles. The molecule has 0 aliphatic rings. The van der Waals surface area contributed by atoms with Crippen LogP contribution in [0.2, 0.25) is 0 Å². The van der Waals surface area contributed by atoms with Gasteiger partial charge in [0.1, 0.15) is 0 Å². The maximum Gasteiger partial charge on any atom is 0.194 e. The minimum atomic E-state index is -1.47. The third kappa shape index (κ3) is 3.94. The second kappa shape index (κ2) is 5.92. The lowest BCUT2D eigenvalue weighted by atomic mass is 9.92. The Labute approximate surface area is 111 Å². The lowest BCUT2D eigenvalue weighted by Crippen LogP contribution is -2.43. The SMILES string of the molecule is CC(NCC(C)(O)C(C)C)c1cc(F)c(F)c(F)c1. The van der Waals surface area contributed by atoms with Crippen molar-refractivity contribution in [1.29, 1.82) is 0 Å². The summed E-state index contributed by atoms with van der Waals surface area (Å²) in [7, 11) is 0. The highest BCUT2D eigenvalue weighted by atomic mass is 19.2. The summed E-state index contributed by atoms with van der Waals surface area (Å²) in [6, 6.07) is 1.52. The number of benzene rings is 1. The van der Waals surface area contributed by atoms with Gasteiger partial charge in [-0.05, 0) is 37.5 Å². The molecule has 2 atom stereocenters. The molecule has 2 nitrogen and oxygen atoms in total. The molecule has 1 rings (SSSR count). The first-order valence-electron chi connectivity index (χ1n) is 6.25. The van der Waals surface area contributed by atoms with Gasteiger partial charge in [0.25, 0.3) is 0 Å². The Morgan fingerprint density at radius 2 is 1.63 bits per heavy atom. The van der Waals surface area contributed by atoms with Gasteiger partial charge in [0.05, 0.1) is 5.60 Å². The van der Waals surface area contributed by atoms with Crippen LogP contribution in [0, 0.1) is 23.4 Å². The van der Waals surface area contributed by atoms with Crippen molar-refractivity contribution in [2.75, 3.05) is 6.54 Å². The van der Waals surface area contributed by atoms with E-state index in [-0.39, 0.29) is 12.5 Å². The van der Waals surface area contributed by atoms with Crippen molar-refractivity contribution in [3.05, 3.63) is 35.1 Å². The van der Waals surface area contributed by atoms with Gasteiger partial charge in [0.15, 0.2) is 17.5 Å². The highest BCUT2D eigenvalue weighted by molar-refractivity contribution is 5.22. The van der Waals surface area contributed by atoms with E-state index in [1.807, 2.05) is 13.8 Å². The van der Waals surface area contributed by atoms with Gasteiger partial charge in [-0.15, -0.1) is 0 Å². The summed E-state index contributed by atoms with van der Waals surface area (Å²) in [5.74, 6) is -3.85. The summed E-state index contributed by atoms with van der Waals surface area (Å²) in [4.78, 5) is 0. The molecule has 0 saturated carbocycles. The van der Waals surface area contributed by atoms with Gasteiger partial charge in [0.2, 0.25) is 0 Å². The molecule has 0 aliphatic heterocycles. The van der Waals surface area contributed by atoms with E-state index in [0.717, 1.165) is 12.1 Å². The maximum absolute atomic E-state index is 13.1. The highest BCUT2D eigenvalue weighted by Gasteiger charge is 2.25. The van der Waals surface area contributed by atoms with Gasteiger partial charge >= 0.3 is 0 Å². The number of hydrogen-bond acceptors (Lipinski definition) is 2. The summed E-state index contributed by atoms with van der Waals surface area (Å²) in [5.41, 5.74) is -0.623. The zero-order valence-corrected chi connectivity index (χ0v) is 11.6. The van der Waals surface area contributed by atoms with Gasteiger partial charge in [0, 0.05) is 12.6 Å². The molecule has 0 radical (unpaired) electrons. The smallest absolute Gasteiger partial charge is 0.194 e. The highest BCUT2D eigenvalue weighted by Crippen LogP contribution is 2.21. The average molecular weight is 275 g/mol. The monoisotopic (exact) mass is 275 g/mol. The molecule has 108 valence electrons. The fourth-order valence-corrected chi connectivity index (χ4v) is 1.51. The van der Waals surface area contributed by atoms with E-state index < -0.39 is 29.1 Å². The number of hydrogen-bond donors (Lipinski definition) is 2. The standard InChI is InChI=1S/C14H20F3NO/c1-8(2)14(4,19)7-18-9(3)10-5-11(15)13(17)12(16)6-10/h5-6,8-9,18-19H,7H2,1-4H3. The third-order valence-corrected chi connectivity index (χ3v) is 3.52. The molecule has 0 heterocycles. The molecule has 0 bridgehead atoms. The zero-order valence-electron chi connectivity index (χ0n) is 11.6. The minimum Gasteiger partial charge on any atom is -0.389 e. The molecule has 1 aromatic rings. The van der Waals surface area contributed by atoms with Crippen LogP contribution in [-0.4, -0.2) is 17.3 Å². The van der Waals surface area contributed by atoms with E-state index in [0.29, 0.717) is 5.56 Å². The molecule has 0 fully saturated rings. The van der Waals surface area contributed by atoms with Crippen LogP contribution in [0.1, 0.15) is 39.3 Å². The summed E-state index contributed by atoms with van der Waals surface area (Å²) in [6.45, 7) is 7.41. The van der Waals surface area contributed by atoms with Crippen molar-refractivity contribution in [2.24, 2.45) is 5.92 Å². The zero-order chi connectivity index (χ0) is 14.8. The Morgan fingerprint density at radius 3 is 2.05 bits per heavy atom. The lowest BCUT2D eigenvalue weighted by molar-refractivity contribution is 0.0122. The molecule has 19 heavy (non-hydrogen) atoms. The third-order valence-electron chi connectivity index (χ3n) is 3.52. The molecule has 2 unspecified atom stereocenters. The van der Waals surface area contributed by atoms with Crippen LogP contribution >= 0.6 is 0 Å². The summed E-state index contributed by atoms with van der Waals surface area (Å²) >= 11 is 0. The first-order chi connectivity index (χ1) is 8.65. The molecule has 0 aliphatic carbocycles. The van der Waals surface area contributed by atoms with Crippen molar-refractivity contribution in [2.45, 2.75) is 39.3 Å². The van der Waals surface area contributed by atoms with Crippen LogP contribution in [0.15, 0.2) is 12.1 Å². The molecule has 0 saturated heterocycles. The van der Waals surface area contributed by atoms with Gasteiger partial charge in [-0.25, -0.2) is 13.2 Å². The number of halogens is 3. The van der Waals surface area contributed by atoms with Gasteiger partial charge in [-0.2, -0.15) is 0 Å². The van der Waals surface area contributed by atoms with Crippen molar-refractivity contribution < 1.29 is 18.3 Å². The Kier molecular flexibility index (Phi) is 4.98. The van der Waals surface area contributed by atoms with E-state index in [2.05, 4.69) is 5.32 Å². The van der Waals surface area contributed by atoms with Crippen molar-refractivity contribution in [3.8, 4) is 0 Å². The number of rotatable bonds is 5. The predicted octanol–water partition coefficient (Wildman–Crippen LogP) is 3.16. The topological polar surface area (TPSA) is 32.3 Å². The Morgan fingerprint density at radius 1 is 1.16 bits per heavy atom. The average Bonchev–Trinajstić information content (AvgIpc) is 2.32. The quantitative estimate of drug-likeness (QED) is 0.809. The van der Waals surface area contributed by atoms with E-state index in [4.69, 9.17) is 0 Å². The molecular formula is C14H20F3NO. The van der Waals surface area contributed by atoms with Crippen LogP contribution < -0.4 is 5.32 Å². The molecule has 5 heteroatoms. The van der Waals surface area contributed by atoms with E-state index in [1.165, 1.54) is 0 Å². The fraction of sp³-hybridized carbons (Fsp3) is 0.571. The first kappa shape index (κ1) is 16.0. The number of nitrogens with one attached hydrogen (secondary N) is 1. The second-order valence-corrected chi connectivity index (χ2v) is 5.41. The normalized spacial score (nSPS) is 16.5. The largest absolute Gasteiger partial charge is 0.389 e. The molecule has 0 spiro atoms. The van der Waals surface area contributed by atoms with Gasteiger partial charge < -0.3 is 10.4 Å². The van der Waals surface area contributed by atoms with Crippen molar-refractivity contribution >= 4 is 0 Å². The van der Waals surface area contributed by atoms with Crippen LogP contribution in [-0.2, 0) is 0 Å². The summed E-state index contributed by atoms with van der Waals surface area (Å²) in [5, 5.41) is 13.1. The molecule has 0 amide bonds. The fourth-order valence-electron chi connectivity index (χ4n) is 1.51. The number of aliphatic hydroxyl groups is 1. The van der Waals surface area contributed by atoms with Crippen LogP contribution in [0.4, 0.5) is 13.2 Å². The van der Waals surface area contributed by atoms with E-state index in [1.54, 1.807) is 13.8 Å². The second-order valence-electron chi connectivity index (χ2n) is 5.41. The van der Waals surface area contributed by atoms with Crippen LogP contribution in [0.5, 0.6) is 0 Å². The minimum absolute atomic E-state index is 0.0360. The Hall–Kier alpha value is -1.07. The van der Waals surface area contributed by atoms with Crippen LogP contribution in [0.25, 0.3) is 0 Å². The summed E-state index contributed by atoms with van der Waals surface area (Å²) < 4.78 is 39.1. The molecular weight excluding hydrogens is 255 g/mol. The van der Waals surface area contributed by atoms with Gasteiger partial charge in [-0.3, -0.25) is 0 Å². The predicted molar refractivity (Wildman–Crippen MR) is 68.2 cm³/mol. The van der Waals surface area contributed by atoms with Crippen molar-refractivity contribution in [1.82, 2.24) is 5.32 Å². The van der Waals surface area contributed by atoms with Crippen LogP contribution in [0.3, 0.4) is 0 Å². The molecule has 2 N–H and O–H groups in total. The molecule has 0 aromatic heterocycles. The lowest BCUT2D eigenvalue weighted by Gasteiger charge is -2.29.